The molecule has 15 heteroatoms. The van der Waals surface area contributed by atoms with Gasteiger partial charge in [0.15, 0.2) is 12.4 Å². The highest BCUT2D eigenvalue weighted by Crippen LogP contribution is 2.33. The Bertz CT molecular complexity index is 2110. The van der Waals surface area contributed by atoms with Crippen molar-refractivity contribution in [1.82, 2.24) is 20.1 Å². The molecule has 12 nitrogen and oxygen atoms in total. The van der Waals surface area contributed by atoms with Gasteiger partial charge in [-0.15, -0.1) is 0 Å². The van der Waals surface area contributed by atoms with E-state index in [9.17, 15) is 23.1 Å². The van der Waals surface area contributed by atoms with Crippen molar-refractivity contribution in [2.45, 2.75) is 71.6 Å². The molecule has 0 spiro atoms. The van der Waals surface area contributed by atoms with E-state index in [0.29, 0.717) is 23.9 Å². The summed E-state index contributed by atoms with van der Waals surface area (Å²) in [5, 5.41) is 25.2. The van der Waals surface area contributed by atoms with Crippen LogP contribution in [-0.4, -0.2) is 55.3 Å². The molecule has 0 radical (unpaired) electrons. The van der Waals surface area contributed by atoms with E-state index < -0.39 is 23.8 Å². The molecule has 1 aliphatic heterocycles. The zero-order valence-electron chi connectivity index (χ0n) is 32.1. The summed E-state index contributed by atoms with van der Waals surface area (Å²) in [7, 11) is 0. The second-order valence-electron chi connectivity index (χ2n) is 15.6. The van der Waals surface area contributed by atoms with E-state index in [4.69, 9.17) is 20.2 Å². The van der Waals surface area contributed by atoms with Crippen molar-refractivity contribution in [1.29, 1.82) is 0 Å². The number of nitrogens with zero attached hydrogens (tertiary/aromatic N) is 6. The van der Waals surface area contributed by atoms with Crippen LogP contribution >= 0.6 is 0 Å². The molecule has 296 valence electrons. The summed E-state index contributed by atoms with van der Waals surface area (Å²) in [6, 6.07) is 23.7. The molecule has 56 heavy (non-hydrogen) atoms. The summed E-state index contributed by atoms with van der Waals surface area (Å²) in [6.45, 7) is 13.2. The van der Waals surface area contributed by atoms with Crippen molar-refractivity contribution in [2.75, 3.05) is 18.0 Å². The van der Waals surface area contributed by atoms with Gasteiger partial charge in [0, 0.05) is 30.4 Å². The fraction of sp³-hybridized carbons (Fsp3) is 0.366. The summed E-state index contributed by atoms with van der Waals surface area (Å²) in [5.41, 5.74) is 9.43. The number of oxime groups is 1. The topological polar surface area (TPSA) is 173 Å². The maximum absolute atomic E-state index is 13.1. The minimum absolute atomic E-state index is 0.0232. The third kappa shape index (κ3) is 10.6. The number of carboxylic acid groups (broad SMARTS) is 1. The maximum Gasteiger partial charge on any atom is 0.433 e. The molecule has 3 aromatic carbocycles. The number of ether oxygens (including phenoxy) is 1. The standard InChI is InChI=1S/C30H30F3N5O4.C11H16N2O/c1-29(2,3)21-8-6-19(7-9-21)26-36-25(42-37-26)17-41-22-10-4-18(5-11-22)14-20-15-38(16-23(20)27(39)40)28-34-13-12-24(35-28)30(31,32)33;1-11(2,3)9-6-4-8(5-7-9)10(12)13-14/h4-13,20,23H,14-17H2,1-3H3,(H,39,40);4-7,14H,1-3H3,(H2,12,13)/t20-,23+;/m1./s1. The van der Waals surface area contributed by atoms with Crippen LogP contribution in [0, 0.1) is 11.8 Å². The number of carbonyl (C=O) groups is 1. The molecule has 1 aliphatic rings. The molecule has 4 N–H and O–H groups in total. The predicted octanol–water partition coefficient (Wildman–Crippen LogP) is 7.88. The molecular weight excluding hydrogens is 727 g/mol. The number of halogens is 3. The van der Waals surface area contributed by atoms with E-state index in [1.54, 1.807) is 12.1 Å². The third-order valence-electron chi connectivity index (χ3n) is 9.39. The van der Waals surface area contributed by atoms with Crippen molar-refractivity contribution in [3.05, 3.63) is 119 Å². The third-order valence-corrected chi connectivity index (χ3v) is 9.39. The molecule has 2 atom stereocenters. The fourth-order valence-electron chi connectivity index (χ4n) is 6.10. The summed E-state index contributed by atoms with van der Waals surface area (Å²) in [6.07, 6.45) is -3.17. The van der Waals surface area contributed by atoms with Gasteiger partial charge >= 0.3 is 12.1 Å². The molecule has 1 saturated heterocycles. The summed E-state index contributed by atoms with van der Waals surface area (Å²) in [4.78, 5) is 25.4. The molecule has 0 unspecified atom stereocenters. The van der Waals surface area contributed by atoms with Gasteiger partial charge in [-0.2, -0.15) is 18.2 Å². The minimum atomic E-state index is -4.61. The number of hydrogen-bond donors (Lipinski definition) is 3. The summed E-state index contributed by atoms with van der Waals surface area (Å²) < 4.78 is 50.4. The number of aromatic nitrogens is 4. The van der Waals surface area contributed by atoms with Crippen LogP contribution in [0.1, 0.15) is 75.4 Å². The Morgan fingerprint density at radius 3 is 2.05 bits per heavy atom. The smallest absolute Gasteiger partial charge is 0.433 e. The quantitative estimate of drug-likeness (QED) is 0.0576. The number of carboxylic acids is 1. The SMILES string of the molecule is CC(C)(C)c1ccc(-c2noc(COc3ccc(C[C@@H]4CN(c5nccc(C(F)(F)F)n5)C[C@@H]4C(=O)O)cc3)n2)cc1.CC(C)(C)c1ccc(/C(N)=N/O)cc1. The van der Waals surface area contributed by atoms with Crippen LogP contribution in [0.15, 0.2) is 94.7 Å². The van der Waals surface area contributed by atoms with Gasteiger partial charge in [-0.25, -0.2) is 9.97 Å². The van der Waals surface area contributed by atoms with Gasteiger partial charge in [-0.1, -0.05) is 113 Å². The second kappa shape index (κ2) is 16.8. The number of alkyl halides is 3. The number of amidine groups is 1. The predicted molar refractivity (Wildman–Crippen MR) is 204 cm³/mol. The van der Waals surface area contributed by atoms with Crippen molar-refractivity contribution in [3.8, 4) is 17.1 Å². The molecule has 0 saturated carbocycles. The van der Waals surface area contributed by atoms with Crippen LogP contribution in [0.4, 0.5) is 19.1 Å². The summed E-state index contributed by atoms with van der Waals surface area (Å²) >= 11 is 0. The number of aliphatic carboxylic acids is 1. The molecule has 3 heterocycles. The molecule has 2 aromatic heterocycles. The lowest BCUT2D eigenvalue weighted by molar-refractivity contribution is -0.142. The van der Waals surface area contributed by atoms with E-state index in [1.165, 1.54) is 16.0 Å². The molecule has 5 aromatic rings. The van der Waals surface area contributed by atoms with Crippen molar-refractivity contribution < 1.29 is 37.5 Å². The van der Waals surface area contributed by atoms with Gasteiger partial charge in [0.25, 0.3) is 5.89 Å². The van der Waals surface area contributed by atoms with Crippen LogP contribution in [0.3, 0.4) is 0 Å². The molecule has 1 fully saturated rings. The lowest BCUT2D eigenvalue weighted by Crippen LogP contribution is -2.25. The van der Waals surface area contributed by atoms with Crippen LogP contribution in [-0.2, 0) is 34.8 Å². The first-order chi connectivity index (χ1) is 26.3. The molecule has 0 amide bonds. The zero-order valence-corrected chi connectivity index (χ0v) is 32.1. The van der Waals surface area contributed by atoms with E-state index >= 15 is 0 Å². The van der Waals surface area contributed by atoms with Crippen LogP contribution in [0.25, 0.3) is 11.4 Å². The van der Waals surface area contributed by atoms with Gasteiger partial charge in [0.05, 0.1) is 5.92 Å². The molecule has 6 rings (SSSR count). The van der Waals surface area contributed by atoms with Gasteiger partial charge in [0.1, 0.15) is 11.4 Å². The number of benzene rings is 3. The number of hydrogen-bond acceptors (Lipinski definition) is 10. The Morgan fingerprint density at radius 2 is 1.50 bits per heavy atom. The highest BCUT2D eigenvalue weighted by atomic mass is 19.4. The molecular formula is C41H46F3N7O5. The van der Waals surface area contributed by atoms with E-state index in [-0.39, 0.29) is 48.2 Å². The maximum atomic E-state index is 13.1. The highest BCUT2D eigenvalue weighted by molar-refractivity contribution is 5.97. The van der Waals surface area contributed by atoms with Gasteiger partial charge in [0.2, 0.25) is 11.8 Å². The average molecular weight is 774 g/mol. The van der Waals surface area contributed by atoms with Gasteiger partial charge < -0.3 is 30.2 Å². The Morgan fingerprint density at radius 1 is 0.893 bits per heavy atom. The first-order valence-electron chi connectivity index (χ1n) is 17.9. The lowest BCUT2D eigenvalue weighted by atomic mass is 9.86. The van der Waals surface area contributed by atoms with E-state index in [2.05, 4.69) is 66.8 Å². The molecule has 0 aliphatic carbocycles. The van der Waals surface area contributed by atoms with Crippen LogP contribution in [0.5, 0.6) is 5.75 Å². The first-order valence-corrected chi connectivity index (χ1v) is 17.9. The van der Waals surface area contributed by atoms with Gasteiger partial charge in [-0.05, 0) is 58.1 Å². The second-order valence-corrected chi connectivity index (χ2v) is 15.6. The zero-order chi connectivity index (χ0) is 40.8. The van der Waals surface area contributed by atoms with Crippen LogP contribution < -0.4 is 15.4 Å². The Kier molecular flexibility index (Phi) is 12.4. The Labute approximate surface area is 323 Å². The minimum Gasteiger partial charge on any atom is -0.484 e. The first kappa shape index (κ1) is 41.2. The molecule has 0 bridgehead atoms. The van der Waals surface area contributed by atoms with Crippen molar-refractivity contribution in [3.63, 3.8) is 0 Å². The number of anilines is 1. The van der Waals surface area contributed by atoms with Crippen molar-refractivity contribution in [2.24, 2.45) is 22.7 Å². The lowest BCUT2D eigenvalue weighted by Gasteiger charge is -2.18. The Balaban J connectivity index is 0.000000362. The largest absolute Gasteiger partial charge is 0.484 e. The number of nitrogens with two attached hydrogens (primary N) is 1. The monoisotopic (exact) mass is 773 g/mol. The van der Waals surface area contributed by atoms with Crippen LogP contribution in [0.2, 0.25) is 0 Å². The average Bonchev–Trinajstić information content (AvgIpc) is 3.82. The normalized spacial score (nSPS) is 16.3. The summed E-state index contributed by atoms with van der Waals surface area (Å²) in [5.74, 6) is -0.776. The van der Waals surface area contributed by atoms with Gasteiger partial charge in [-0.3, -0.25) is 4.79 Å². The van der Waals surface area contributed by atoms with E-state index in [0.717, 1.165) is 29.0 Å². The number of rotatable bonds is 9. The highest BCUT2D eigenvalue weighted by Gasteiger charge is 2.40. The van der Waals surface area contributed by atoms with Crippen molar-refractivity contribution >= 4 is 17.8 Å². The fourth-order valence-corrected chi connectivity index (χ4v) is 6.10. The Hall–Kier alpha value is -5.99. The van der Waals surface area contributed by atoms with E-state index in [1.807, 2.05) is 60.7 Å².